The van der Waals surface area contributed by atoms with Gasteiger partial charge in [0.1, 0.15) is 0 Å². The van der Waals surface area contributed by atoms with Crippen molar-refractivity contribution in [3.05, 3.63) is 53.6 Å². The van der Waals surface area contributed by atoms with Crippen molar-refractivity contribution in [2.45, 2.75) is 4.83 Å². The smallest absolute Gasteiger partial charge is 0.0597 e. The molecule has 1 atom stereocenters. The van der Waals surface area contributed by atoms with E-state index in [1.54, 1.807) is 0 Å². The van der Waals surface area contributed by atoms with Gasteiger partial charge in [0.2, 0.25) is 0 Å². The lowest BCUT2D eigenvalue weighted by atomic mass is 9.95. The minimum atomic E-state index is 0.263. The molecule has 0 spiro atoms. The molecule has 0 fully saturated rings. The molecule has 0 aliphatic heterocycles. The number of allylic oxidation sites excluding steroid dienone is 2. The molecular formula is C10H9BrN. The van der Waals surface area contributed by atoms with Crippen LogP contribution in [0.25, 0.3) is 0 Å². The molecular weight excluding hydrogens is 214 g/mol. The summed E-state index contributed by atoms with van der Waals surface area (Å²) in [5.41, 5.74) is 9.04. The number of benzene rings is 1. The SMILES string of the molecule is NC1=CC(Br)c2ccccc2[CH]1. The van der Waals surface area contributed by atoms with E-state index in [0.29, 0.717) is 0 Å². The fourth-order valence-electron chi connectivity index (χ4n) is 1.38. The lowest BCUT2D eigenvalue weighted by Crippen LogP contribution is -2.08. The summed E-state index contributed by atoms with van der Waals surface area (Å²) in [6.07, 6.45) is 4.00. The minimum absolute atomic E-state index is 0.263. The summed E-state index contributed by atoms with van der Waals surface area (Å²) in [6, 6.07) is 8.24. The van der Waals surface area contributed by atoms with Crippen LogP contribution in [0.4, 0.5) is 0 Å². The summed E-state index contributed by atoms with van der Waals surface area (Å²) < 4.78 is 0. The van der Waals surface area contributed by atoms with E-state index in [1.807, 2.05) is 24.6 Å². The van der Waals surface area contributed by atoms with Gasteiger partial charge in [-0.2, -0.15) is 0 Å². The van der Waals surface area contributed by atoms with Crippen LogP contribution in [0.15, 0.2) is 36.0 Å². The van der Waals surface area contributed by atoms with Crippen molar-refractivity contribution in [1.29, 1.82) is 0 Å². The van der Waals surface area contributed by atoms with Gasteiger partial charge < -0.3 is 5.73 Å². The van der Waals surface area contributed by atoms with Gasteiger partial charge in [0.05, 0.1) is 4.83 Å². The Morgan fingerprint density at radius 3 is 2.83 bits per heavy atom. The van der Waals surface area contributed by atoms with Gasteiger partial charge in [0.25, 0.3) is 0 Å². The summed E-state index contributed by atoms with van der Waals surface area (Å²) in [7, 11) is 0. The van der Waals surface area contributed by atoms with Crippen LogP contribution in [0.2, 0.25) is 0 Å². The Labute approximate surface area is 80.4 Å². The molecule has 1 aromatic rings. The van der Waals surface area contributed by atoms with Crippen LogP contribution in [0, 0.1) is 6.42 Å². The standard InChI is InChI=1S/C10H9BrN/c11-10-6-8(12)5-7-3-1-2-4-9(7)10/h1-6,10H,12H2. The van der Waals surface area contributed by atoms with Crippen LogP contribution >= 0.6 is 15.9 Å². The molecule has 2 rings (SSSR count). The van der Waals surface area contributed by atoms with Crippen molar-refractivity contribution >= 4 is 15.9 Å². The van der Waals surface area contributed by atoms with Crippen molar-refractivity contribution in [1.82, 2.24) is 0 Å². The Kier molecular flexibility index (Phi) is 1.93. The zero-order valence-electron chi connectivity index (χ0n) is 6.50. The second kappa shape index (κ2) is 2.94. The average Bonchev–Trinajstić information content (AvgIpc) is 2.04. The molecule has 1 unspecified atom stereocenters. The first kappa shape index (κ1) is 7.87. The molecule has 0 saturated heterocycles. The van der Waals surface area contributed by atoms with Crippen LogP contribution in [-0.2, 0) is 0 Å². The molecule has 1 aromatic carbocycles. The Morgan fingerprint density at radius 2 is 2.00 bits per heavy atom. The van der Waals surface area contributed by atoms with Gasteiger partial charge in [-0.25, -0.2) is 0 Å². The quantitative estimate of drug-likeness (QED) is 0.672. The monoisotopic (exact) mass is 222 g/mol. The Balaban J connectivity index is 2.48. The van der Waals surface area contributed by atoms with E-state index in [-0.39, 0.29) is 4.83 Å². The maximum absolute atomic E-state index is 5.72. The van der Waals surface area contributed by atoms with Gasteiger partial charge in [-0.1, -0.05) is 40.2 Å². The minimum Gasteiger partial charge on any atom is -0.402 e. The highest BCUT2D eigenvalue weighted by atomic mass is 79.9. The summed E-state index contributed by atoms with van der Waals surface area (Å²) in [4.78, 5) is 0.263. The highest BCUT2D eigenvalue weighted by molar-refractivity contribution is 9.09. The van der Waals surface area contributed by atoms with Crippen molar-refractivity contribution in [2.24, 2.45) is 5.73 Å². The van der Waals surface area contributed by atoms with Gasteiger partial charge >= 0.3 is 0 Å². The van der Waals surface area contributed by atoms with Crippen molar-refractivity contribution in [2.75, 3.05) is 0 Å². The lowest BCUT2D eigenvalue weighted by Gasteiger charge is -2.17. The van der Waals surface area contributed by atoms with Crippen LogP contribution in [-0.4, -0.2) is 0 Å². The van der Waals surface area contributed by atoms with Gasteiger partial charge in [-0.15, -0.1) is 0 Å². The van der Waals surface area contributed by atoms with E-state index in [9.17, 15) is 0 Å². The van der Waals surface area contributed by atoms with Gasteiger partial charge in [-0.05, 0) is 17.2 Å². The normalized spacial score (nSPS) is 21.4. The number of hydrogen-bond donors (Lipinski definition) is 1. The van der Waals surface area contributed by atoms with E-state index in [2.05, 4.69) is 28.1 Å². The van der Waals surface area contributed by atoms with Gasteiger partial charge in [0, 0.05) is 12.1 Å². The molecule has 2 N–H and O–H groups in total. The molecule has 1 radical (unpaired) electrons. The maximum atomic E-state index is 5.72. The molecule has 0 aromatic heterocycles. The Hall–Kier alpha value is -0.760. The molecule has 2 heteroatoms. The Bertz CT molecular complexity index is 330. The molecule has 12 heavy (non-hydrogen) atoms. The van der Waals surface area contributed by atoms with Crippen LogP contribution in [0.5, 0.6) is 0 Å². The first-order valence-corrected chi connectivity index (χ1v) is 4.74. The van der Waals surface area contributed by atoms with Crippen LogP contribution in [0.1, 0.15) is 16.0 Å². The second-order valence-electron chi connectivity index (χ2n) is 2.84. The number of nitrogens with two attached hydrogens (primary N) is 1. The van der Waals surface area contributed by atoms with Gasteiger partial charge in [-0.3, -0.25) is 0 Å². The van der Waals surface area contributed by atoms with Crippen LogP contribution in [0.3, 0.4) is 0 Å². The second-order valence-corrected chi connectivity index (χ2v) is 3.83. The van der Waals surface area contributed by atoms with Crippen molar-refractivity contribution in [3.63, 3.8) is 0 Å². The predicted octanol–water partition coefficient (Wildman–Crippen LogP) is 2.53. The summed E-state index contributed by atoms with van der Waals surface area (Å²) in [5, 5.41) is 0. The maximum Gasteiger partial charge on any atom is 0.0597 e. The zero-order valence-corrected chi connectivity index (χ0v) is 8.08. The largest absolute Gasteiger partial charge is 0.402 e. The summed E-state index contributed by atoms with van der Waals surface area (Å²) in [6.45, 7) is 0. The fraction of sp³-hybridized carbons (Fsp3) is 0.100. The topological polar surface area (TPSA) is 26.0 Å². The number of rotatable bonds is 0. The molecule has 0 bridgehead atoms. The van der Waals surface area contributed by atoms with E-state index >= 15 is 0 Å². The molecule has 1 nitrogen and oxygen atoms in total. The third kappa shape index (κ3) is 1.27. The number of fused-ring (bicyclic) bond motifs is 1. The molecule has 61 valence electrons. The molecule has 0 amide bonds. The molecule has 0 heterocycles. The highest BCUT2D eigenvalue weighted by Gasteiger charge is 2.15. The number of alkyl halides is 1. The highest BCUT2D eigenvalue weighted by Crippen LogP contribution is 2.33. The average molecular weight is 223 g/mol. The third-order valence-corrected chi connectivity index (χ3v) is 2.71. The molecule has 1 aliphatic carbocycles. The number of hydrogen-bond acceptors (Lipinski definition) is 1. The predicted molar refractivity (Wildman–Crippen MR) is 53.8 cm³/mol. The van der Waals surface area contributed by atoms with E-state index in [4.69, 9.17) is 5.73 Å². The zero-order chi connectivity index (χ0) is 8.55. The van der Waals surface area contributed by atoms with Crippen molar-refractivity contribution in [3.8, 4) is 0 Å². The number of halogens is 1. The third-order valence-electron chi connectivity index (χ3n) is 1.95. The lowest BCUT2D eigenvalue weighted by molar-refractivity contribution is 1.11. The first-order valence-electron chi connectivity index (χ1n) is 3.82. The van der Waals surface area contributed by atoms with Crippen LogP contribution < -0.4 is 5.73 Å². The van der Waals surface area contributed by atoms with E-state index in [1.165, 1.54) is 11.1 Å². The summed E-state index contributed by atoms with van der Waals surface area (Å²) in [5.74, 6) is 0. The van der Waals surface area contributed by atoms with Gasteiger partial charge in [0.15, 0.2) is 0 Å². The fourth-order valence-corrected chi connectivity index (χ4v) is 2.10. The van der Waals surface area contributed by atoms with Crippen molar-refractivity contribution < 1.29 is 0 Å². The van der Waals surface area contributed by atoms with E-state index < -0.39 is 0 Å². The van der Waals surface area contributed by atoms with E-state index in [0.717, 1.165) is 5.70 Å². The molecule has 0 saturated carbocycles. The Morgan fingerprint density at radius 1 is 1.25 bits per heavy atom. The molecule has 1 aliphatic rings. The summed E-state index contributed by atoms with van der Waals surface area (Å²) >= 11 is 3.55. The first-order chi connectivity index (χ1) is 5.77.